The van der Waals surface area contributed by atoms with Gasteiger partial charge >= 0.3 is 0 Å². The molecule has 9 nitrogen and oxygen atoms in total. The van der Waals surface area contributed by atoms with Gasteiger partial charge in [0.15, 0.2) is 29.6 Å². The number of nitrogens with one attached hydrogen (secondary N) is 1. The third-order valence-corrected chi connectivity index (χ3v) is 8.16. The number of halogens is 5. The van der Waals surface area contributed by atoms with Crippen LogP contribution in [0.3, 0.4) is 0 Å². The van der Waals surface area contributed by atoms with Crippen molar-refractivity contribution in [1.82, 2.24) is 14.9 Å². The number of carbonyl (C=O) groups excluding carboxylic acids is 1. The summed E-state index contributed by atoms with van der Waals surface area (Å²) in [4.78, 5) is 25.6. The van der Waals surface area contributed by atoms with Crippen LogP contribution < -0.4 is 10.2 Å². The zero-order valence-corrected chi connectivity index (χ0v) is 24.9. The lowest BCUT2D eigenvalue weighted by Crippen LogP contribution is -2.50. The van der Waals surface area contributed by atoms with Crippen LogP contribution in [-0.4, -0.2) is 64.7 Å². The van der Waals surface area contributed by atoms with Crippen molar-refractivity contribution in [2.45, 2.75) is 31.5 Å². The van der Waals surface area contributed by atoms with Gasteiger partial charge in [-0.25, -0.2) is 31.9 Å². The molecule has 246 valence electrons. The van der Waals surface area contributed by atoms with Gasteiger partial charge in [0, 0.05) is 62.8 Å². The molecule has 0 radical (unpaired) electrons. The zero-order valence-electron chi connectivity index (χ0n) is 24.9. The molecular weight excluding hydrogens is 625 g/mol. The van der Waals surface area contributed by atoms with Crippen LogP contribution in [0.25, 0.3) is 0 Å². The first-order valence-corrected chi connectivity index (χ1v) is 14.9. The Bertz CT molecular complexity index is 1680. The van der Waals surface area contributed by atoms with E-state index in [0.29, 0.717) is 24.5 Å². The minimum Gasteiger partial charge on any atom is -0.392 e. The van der Waals surface area contributed by atoms with E-state index in [2.05, 4.69) is 25.1 Å². The summed E-state index contributed by atoms with van der Waals surface area (Å²) in [7, 11) is 0. The first kappa shape index (κ1) is 32.4. The summed E-state index contributed by atoms with van der Waals surface area (Å²) >= 11 is 0. The van der Waals surface area contributed by atoms with E-state index in [1.165, 1.54) is 12.1 Å². The second-order valence-corrected chi connectivity index (χ2v) is 11.2. The van der Waals surface area contributed by atoms with Crippen molar-refractivity contribution in [2.75, 3.05) is 42.9 Å². The van der Waals surface area contributed by atoms with E-state index in [4.69, 9.17) is 9.47 Å². The molecule has 3 atom stereocenters. The monoisotopic (exact) mass is 655 g/mol. The van der Waals surface area contributed by atoms with Crippen molar-refractivity contribution < 1.29 is 41.3 Å². The molecule has 2 N–H and O–H groups in total. The topological polar surface area (TPSA) is 100 Å². The van der Waals surface area contributed by atoms with E-state index in [1.54, 1.807) is 30.6 Å². The van der Waals surface area contributed by atoms with E-state index in [-0.39, 0.29) is 24.5 Å². The minimum absolute atomic E-state index is 0.0476. The second-order valence-electron chi connectivity index (χ2n) is 11.2. The highest BCUT2D eigenvalue weighted by atomic mass is 19.2. The quantitative estimate of drug-likeness (QED) is 0.150. The van der Waals surface area contributed by atoms with E-state index < -0.39 is 46.8 Å². The summed E-state index contributed by atoms with van der Waals surface area (Å²) < 4.78 is 81.7. The molecular formula is C33H30F5N5O4. The van der Waals surface area contributed by atoms with Crippen LogP contribution in [0.4, 0.5) is 33.6 Å². The number of rotatable bonds is 8. The predicted octanol–water partition coefficient (Wildman–Crippen LogP) is 5.28. The average Bonchev–Trinajstić information content (AvgIpc) is 3.11. The third kappa shape index (κ3) is 7.10. The maximum atomic E-state index is 14.1. The second kappa shape index (κ2) is 14.1. The molecule has 1 amide bonds. The lowest BCUT2D eigenvalue weighted by Gasteiger charge is -2.40. The molecule has 0 saturated carbocycles. The van der Waals surface area contributed by atoms with Gasteiger partial charge in [-0.1, -0.05) is 36.4 Å². The number of hydrogen-bond acceptors (Lipinski definition) is 8. The van der Waals surface area contributed by atoms with Gasteiger partial charge in [0.1, 0.15) is 5.56 Å². The number of anilines is 2. The van der Waals surface area contributed by atoms with Gasteiger partial charge in [-0.05, 0) is 29.3 Å². The number of aromatic nitrogens is 2. The van der Waals surface area contributed by atoms with Gasteiger partial charge in [0.25, 0.3) is 5.91 Å². The minimum atomic E-state index is -2.35. The number of carbonyl (C=O) groups is 1. The first-order chi connectivity index (χ1) is 22.7. The number of hydrogen-bond donors (Lipinski definition) is 2. The number of benzene rings is 3. The highest BCUT2D eigenvalue weighted by Crippen LogP contribution is 2.38. The van der Waals surface area contributed by atoms with Crippen LogP contribution in [0.1, 0.15) is 45.9 Å². The third-order valence-electron chi connectivity index (χ3n) is 8.16. The fourth-order valence-electron chi connectivity index (χ4n) is 5.63. The number of ether oxygens (including phenoxy) is 2. The molecule has 2 aliphatic heterocycles. The van der Waals surface area contributed by atoms with Crippen molar-refractivity contribution in [3.8, 4) is 0 Å². The molecule has 0 bridgehead atoms. The molecule has 1 aromatic heterocycles. The molecule has 14 heteroatoms. The Morgan fingerprint density at radius 2 is 1.40 bits per heavy atom. The summed E-state index contributed by atoms with van der Waals surface area (Å²) in [6.45, 7) is 3.59. The average molecular weight is 656 g/mol. The normalized spacial score (nSPS) is 20.3. The van der Waals surface area contributed by atoms with Crippen molar-refractivity contribution >= 4 is 17.5 Å². The van der Waals surface area contributed by atoms with Crippen molar-refractivity contribution in [3.05, 3.63) is 118 Å². The fraction of sp³-hybridized carbons (Fsp3) is 0.303. The standard InChI is InChI=1S/C33H30F5N5O4/c34-26-25(27(35)29(37)30(38)28(26)36)31(45)41-22-8-6-21(7-9-22)32-46-23(16-24(47-32)20-4-2-19(18-44)3-5-20)17-42-12-14-43(15-13-42)33-39-10-1-11-40-33/h1-11,23-24,32,44H,12-18H2,(H,41,45). The molecule has 0 aliphatic carbocycles. The summed E-state index contributed by atoms with van der Waals surface area (Å²) in [5.74, 6) is -12.0. The molecule has 4 aromatic rings. The van der Waals surface area contributed by atoms with Gasteiger partial charge in [0.2, 0.25) is 11.8 Å². The number of amides is 1. The highest BCUT2D eigenvalue weighted by molar-refractivity contribution is 6.04. The van der Waals surface area contributed by atoms with Gasteiger partial charge in [-0.15, -0.1) is 0 Å². The summed E-state index contributed by atoms with van der Waals surface area (Å²) in [5, 5.41) is 11.6. The van der Waals surface area contributed by atoms with Gasteiger partial charge in [0.05, 0.1) is 18.8 Å². The van der Waals surface area contributed by atoms with Gasteiger partial charge in [-0.2, -0.15) is 0 Å². The first-order valence-electron chi connectivity index (χ1n) is 14.9. The molecule has 47 heavy (non-hydrogen) atoms. The van der Waals surface area contributed by atoms with E-state index in [1.807, 2.05) is 24.3 Å². The Morgan fingerprint density at radius 3 is 2.02 bits per heavy atom. The van der Waals surface area contributed by atoms with Crippen LogP contribution in [0, 0.1) is 29.1 Å². The largest absolute Gasteiger partial charge is 0.392 e. The molecule has 0 spiro atoms. The van der Waals surface area contributed by atoms with E-state index >= 15 is 0 Å². The summed E-state index contributed by atoms with van der Waals surface area (Å²) in [5.41, 5.74) is 0.703. The Hall–Kier alpha value is -4.50. The van der Waals surface area contributed by atoms with Crippen LogP contribution in [-0.2, 0) is 16.1 Å². The van der Waals surface area contributed by atoms with Crippen molar-refractivity contribution in [2.24, 2.45) is 0 Å². The SMILES string of the molecule is O=C(Nc1ccc(C2OC(CN3CCN(c4ncccn4)CC3)CC(c3ccc(CO)cc3)O2)cc1)c1c(F)c(F)c(F)c(F)c1F. The van der Waals surface area contributed by atoms with Crippen molar-refractivity contribution in [3.63, 3.8) is 0 Å². The molecule has 2 saturated heterocycles. The Kier molecular flexibility index (Phi) is 9.73. The molecule has 2 fully saturated rings. The maximum absolute atomic E-state index is 14.1. The van der Waals surface area contributed by atoms with Crippen molar-refractivity contribution in [1.29, 1.82) is 0 Å². The number of piperazine rings is 1. The van der Waals surface area contributed by atoms with E-state index in [9.17, 15) is 31.9 Å². The number of nitrogens with zero attached hydrogens (tertiary/aromatic N) is 4. The Labute approximate surface area is 266 Å². The summed E-state index contributed by atoms with van der Waals surface area (Å²) in [6, 6.07) is 15.2. The van der Waals surface area contributed by atoms with Crippen LogP contribution in [0.5, 0.6) is 0 Å². The van der Waals surface area contributed by atoms with Crippen LogP contribution in [0.2, 0.25) is 0 Å². The summed E-state index contributed by atoms with van der Waals surface area (Å²) in [6.07, 6.45) is 2.59. The fourth-order valence-corrected chi connectivity index (χ4v) is 5.63. The molecule has 3 heterocycles. The zero-order chi connectivity index (χ0) is 33.1. The highest BCUT2D eigenvalue weighted by Gasteiger charge is 2.34. The lowest BCUT2D eigenvalue weighted by molar-refractivity contribution is -0.253. The molecule has 3 aromatic carbocycles. The Balaban J connectivity index is 1.16. The van der Waals surface area contributed by atoms with E-state index in [0.717, 1.165) is 37.3 Å². The smallest absolute Gasteiger partial charge is 0.261 e. The molecule has 6 rings (SSSR count). The Morgan fingerprint density at radius 1 is 0.809 bits per heavy atom. The molecule has 2 aliphatic rings. The van der Waals surface area contributed by atoms with Gasteiger partial charge < -0.3 is 24.8 Å². The molecule has 3 unspecified atom stereocenters. The van der Waals surface area contributed by atoms with Crippen LogP contribution >= 0.6 is 0 Å². The predicted molar refractivity (Wildman–Crippen MR) is 160 cm³/mol. The maximum Gasteiger partial charge on any atom is 0.261 e. The number of aliphatic hydroxyl groups excluding tert-OH is 1. The van der Waals surface area contributed by atoms with Crippen LogP contribution in [0.15, 0.2) is 67.0 Å². The van der Waals surface area contributed by atoms with Gasteiger partial charge in [-0.3, -0.25) is 9.69 Å². The number of aliphatic hydroxyl groups is 1. The lowest BCUT2D eigenvalue weighted by atomic mass is 9.99.